The standard InChI is InChI=1S/C8H12N2S/c1-7-8(10(2)11-3)5-4-6-9-7/h4-6H,1-3H3. The van der Waals surface area contributed by atoms with Gasteiger partial charge in [0.2, 0.25) is 0 Å². The molecule has 11 heavy (non-hydrogen) atoms. The van der Waals surface area contributed by atoms with E-state index < -0.39 is 0 Å². The van der Waals surface area contributed by atoms with Crippen molar-refractivity contribution in [2.75, 3.05) is 17.6 Å². The van der Waals surface area contributed by atoms with E-state index in [9.17, 15) is 0 Å². The molecule has 0 bridgehead atoms. The Hall–Kier alpha value is -0.700. The summed E-state index contributed by atoms with van der Waals surface area (Å²) in [6.45, 7) is 2.02. The van der Waals surface area contributed by atoms with Gasteiger partial charge in [-0.1, -0.05) is 11.9 Å². The van der Waals surface area contributed by atoms with Crippen LogP contribution in [0.5, 0.6) is 0 Å². The molecule has 0 aliphatic heterocycles. The quantitative estimate of drug-likeness (QED) is 0.629. The van der Waals surface area contributed by atoms with Gasteiger partial charge in [-0.15, -0.1) is 0 Å². The second-order valence-corrected chi connectivity index (χ2v) is 3.20. The minimum atomic E-state index is 1.07. The molecule has 0 spiro atoms. The first kappa shape index (κ1) is 8.40. The first-order valence-electron chi connectivity index (χ1n) is 3.45. The number of hydrogen-bond acceptors (Lipinski definition) is 3. The van der Waals surface area contributed by atoms with E-state index in [4.69, 9.17) is 0 Å². The highest BCUT2D eigenvalue weighted by molar-refractivity contribution is 7.99. The lowest BCUT2D eigenvalue weighted by Gasteiger charge is -2.16. The van der Waals surface area contributed by atoms with E-state index in [-0.39, 0.29) is 0 Å². The molecule has 1 aromatic heterocycles. The second-order valence-electron chi connectivity index (χ2n) is 2.29. The zero-order chi connectivity index (χ0) is 8.27. The molecule has 0 aromatic carbocycles. The Morgan fingerprint density at radius 3 is 2.82 bits per heavy atom. The predicted octanol–water partition coefficient (Wildman–Crippen LogP) is 2.10. The maximum Gasteiger partial charge on any atom is 0.0679 e. The lowest BCUT2D eigenvalue weighted by atomic mass is 10.3. The van der Waals surface area contributed by atoms with Crippen molar-refractivity contribution < 1.29 is 0 Å². The van der Waals surface area contributed by atoms with Gasteiger partial charge in [-0.05, 0) is 19.1 Å². The third-order valence-corrected chi connectivity index (χ3v) is 2.34. The molecule has 1 rings (SSSR count). The number of nitrogens with zero attached hydrogens (tertiary/aromatic N) is 2. The van der Waals surface area contributed by atoms with Gasteiger partial charge in [0.05, 0.1) is 11.4 Å². The fourth-order valence-corrected chi connectivity index (χ4v) is 1.30. The fraction of sp³-hybridized carbons (Fsp3) is 0.375. The molecular formula is C8H12N2S. The van der Waals surface area contributed by atoms with E-state index in [1.54, 1.807) is 11.9 Å². The van der Waals surface area contributed by atoms with Gasteiger partial charge in [0.1, 0.15) is 0 Å². The topological polar surface area (TPSA) is 16.1 Å². The van der Waals surface area contributed by atoms with Gasteiger partial charge >= 0.3 is 0 Å². The number of hydrogen-bond donors (Lipinski definition) is 0. The van der Waals surface area contributed by atoms with Crippen LogP contribution in [0.1, 0.15) is 5.69 Å². The number of aryl methyl sites for hydroxylation is 1. The average molecular weight is 168 g/mol. The summed E-state index contributed by atoms with van der Waals surface area (Å²) in [6.07, 6.45) is 3.86. The molecule has 2 nitrogen and oxygen atoms in total. The molecule has 0 saturated carbocycles. The molecule has 0 radical (unpaired) electrons. The summed E-state index contributed by atoms with van der Waals surface area (Å²) >= 11 is 1.69. The molecule has 60 valence electrons. The molecule has 0 N–H and O–H groups in total. The van der Waals surface area contributed by atoms with Crippen molar-refractivity contribution >= 4 is 17.6 Å². The van der Waals surface area contributed by atoms with Crippen molar-refractivity contribution in [3.8, 4) is 0 Å². The summed E-state index contributed by atoms with van der Waals surface area (Å²) in [5.41, 5.74) is 2.25. The van der Waals surface area contributed by atoms with E-state index in [1.165, 1.54) is 5.69 Å². The zero-order valence-electron chi connectivity index (χ0n) is 7.03. The van der Waals surface area contributed by atoms with Gasteiger partial charge in [-0.3, -0.25) is 4.98 Å². The van der Waals surface area contributed by atoms with Crippen molar-refractivity contribution in [3.05, 3.63) is 24.0 Å². The molecule has 0 fully saturated rings. The highest BCUT2D eigenvalue weighted by atomic mass is 32.2. The number of pyridine rings is 1. The van der Waals surface area contributed by atoms with Crippen LogP contribution in [0, 0.1) is 6.92 Å². The third-order valence-electron chi connectivity index (χ3n) is 1.59. The van der Waals surface area contributed by atoms with Crippen LogP contribution < -0.4 is 4.31 Å². The lowest BCUT2D eigenvalue weighted by molar-refractivity contribution is 1.17. The summed E-state index contributed by atoms with van der Waals surface area (Å²) in [7, 11) is 2.04. The van der Waals surface area contributed by atoms with E-state index in [0.717, 1.165) is 5.69 Å². The summed E-state index contributed by atoms with van der Waals surface area (Å²) in [4.78, 5) is 4.19. The highest BCUT2D eigenvalue weighted by Gasteiger charge is 2.01. The third kappa shape index (κ3) is 1.87. The van der Waals surface area contributed by atoms with E-state index in [2.05, 4.69) is 15.4 Å². The van der Waals surface area contributed by atoms with Crippen molar-refractivity contribution in [2.24, 2.45) is 0 Å². The Bertz CT molecular complexity index is 237. The molecule has 1 aromatic rings. The van der Waals surface area contributed by atoms with E-state index in [0.29, 0.717) is 0 Å². The highest BCUT2D eigenvalue weighted by Crippen LogP contribution is 2.20. The average Bonchev–Trinajstić information content (AvgIpc) is 2.04. The molecule has 0 amide bonds. The Morgan fingerprint density at radius 2 is 2.27 bits per heavy atom. The largest absolute Gasteiger partial charge is 0.318 e. The van der Waals surface area contributed by atoms with Gasteiger partial charge < -0.3 is 4.31 Å². The smallest absolute Gasteiger partial charge is 0.0679 e. The summed E-state index contributed by atoms with van der Waals surface area (Å²) in [5, 5.41) is 0. The van der Waals surface area contributed by atoms with Crippen LogP contribution in [0.3, 0.4) is 0 Å². The van der Waals surface area contributed by atoms with Crippen LogP contribution in [0.15, 0.2) is 18.3 Å². The van der Waals surface area contributed by atoms with Crippen molar-refractivity contribution in [3.63, 3.8) is 0 Å². The van der Waals surface area contributed by atoms with Crippen molar-refractivity contribution in [1.29, 1.82) is 0 Å². The summed E-state index contributed by atoms with van der Waals surface area (Å²) < 4.78 is 2.10. The van der Waals surface area contributed by atoms with E-state index in [1.807, 2.05) is 32.5 Å². The Morgan fingerprint density at radius 1 is 1.55 bits per heavy atom. The molecule has 0 unspecified atom stereocenters. The minimum Gasteiger partial charge on any atom is -0.318 e. The Labute approximate surface area is 71.8 Å². The molecule has 0 aliphatic carbocycles. The molecule has 0 aliphatic rings. The maximum atomic E-state index is 4.19. The van der Waals surface area contributed by atoms with Gasteiger partial charge in [0.25, 0.3) is 0 Å². The van der Waals surface area contributed by atoms with Gasteiger partial charge in [0, 0.05) is 19.5 Å². The molecule has 0 saturated heterocycles. The normalized spacial score (nSPS) is 9.73. The van der Waals surface area contributed by atoms with E-state index >= 15 is 0 Å². The SMILES string of the molecule is CSN(C)c1cccnc1C. The molecule has 0 atom stereocenters. The second kappa shape index (κ2) is 3.62. The summed E-state index contributed by atoms with van der Waals surface area (Å²) in [6, 6.07) is 4.02. The van der Waals surface area contributed by atoms with Crippen LogP contribution in [0.25, 0.3) is 0 Å². The lowest BCUT2D eigenvalue weighted by Crippen LogP contribution is -2.07. The number of anilines is 1. The predicted molar refractivity (Wildman–Crippen MR) is 50.9 cm³/mol. The Kier molecular flexibility index (Phi) is 2.76. The zero-order valence-corrected chi connectivity index (χ0v) is 7.85. The van der Waals surface area contributed by atoms with Crippen molar-refractivity contribution in [1.82, 2.24) is 4.98 Å². The van der Waals surface area contributed by atoms with Crippen molar-refractivity contribution in [2.45, 2.75) is 6.92 Å². The molecule has 3 heteroatoms. The molecule has 1 heterocycles. The van der Waals surface area contributed by atoms with Crippen LogP contribution in [0.2, 0.25) is 0 Å². The van der Waals surface area contributed by atoms with Crippen LogP contribution in [-0.2, 0) is 0 Å². The number of aromatic nitrogens is 1. The fourth-order valence-electron chi connectivity index (χ4n) is 0.907. The van der Waals surface area contributed by atoms with Crippen LogP contribution in [0.4, 0.5) is 5.69 Å². The first-order chi connectivity index (χ1) is 5.25. The first-order valence-corrected chi connectivity index (χ1v) is 4.63. The van der Waals surface area contributed by atoms with Gasteiger partial charge in [0.15, 0.2) is 0 Å². The number of rotatable bonds is 2. The van der Waals surface area contributed by atoms with Gasteiger partial charge in [-0.25, -0.2) is 0 Å². The van der Waals surface area contributed by atoms with Crippen LogP contribution >= 0.6 is 11.9 Å². The monoisotopic (exact) mass is 168 g/mol. The Balaban J connectivity index is 2.93. The summed E-state index contributed by atoms with van der Waals surface area (Å²) in [5.74, 6) is 0. The molecular weight excluding hydrogens is 156 g/mol. The van der Waals surface area contributed by atoms with Crippen LogP contribution in [-0.4, -0.2) is 18.3 Å². The maximum absolute atomic E-state index is 4.19. The minimum absolute atomic E-state index is 1.07. The van der Waals surface area contributed by atoms with Gasteiger partial charge in [-0.2, -0.15) is 0 Å².